The van der Waals surface area contributed by atoms with Gasteiger partial charge in [-0.2, -0.15) is 0 Å². The van der Waals surface area contributed by atoms with Crippen molar-refractivity contribution in [2.75, 3.05) is 13.7 Å². The Kier molecular flexibility index (Phi) is 6.85. The van der Waals surface area contributed by atoms with Crippen LogP contribution < -0.4 is 11.5 Å². The number of ether oxygens (including phenoxy) is 4. The summed E-state index contributed by atoms with van der Waals surface area (Å²) in [6.07, 6.45) is -4.39. The number of hydrogen-bond donors (Lipinski definition) is 5. The highest BCUT2D eigenvalue weighted by Crippen LogP contribution is 2.51. The summed E-state index contributed by atoms with van der Waals surface area (Å²) >= 11 is 0. The Morgan fingerprint density at radius 3 is 2.31 bits per heavy atom. The number of primary amides is 1. The molecule has 0 radical (unpaired) electrons. The summed E-state index contributed by atoms with van der Waals surface area (Å²) in [4.78, 5) is 38.1. The van der Waals surface area contributed by atoms with Crippen LogP contribution in [-0.2, 0) is 25.4 Å². The number of aromatic hydroxyl groups is 2. The molecule has 2 aliphatic carbocycles. The normalized spacial score (nSPS) is 29.8. The zero-order chi connectivity index (χ0) is 28.2. The van der Waals surface area contributed by atoms with Crippen molar-refractivity contribution in [3.63, 3.8) is 0 Å². The van der Waals surface area contributed by atoms with Gasteiger partial charge in [0.1, 0.15) is 23.7 Å². The van der Waals surface area contributed by atoms with Crippen LogP contribution in [0, 0.1) is 0 Å². The summed E-state index contributed by atoms with van der Waals surface area (Å²) < 4.78 is 22.4. The van der Waals surface area contributed by atoms with Gasteiger partial charge in [-0.3, -0.25) is 9.59 Å². The van der Waals surface area contributed by atoms with E-state index in [0.29, 0.717) is 0 Å². The van der Waals surface area contributed by atoms with Crippen LogP contribution in [-0.4, -0.2) is 76.8 Å². The van der Waals surface area contributed by atoms with Crippen molar-refractivity contribution in [2.24, 2.45) is 11.5 Å². The summed E-state index contributed by atoms with van der Waals surface area (Å²) in [5, 5.41) is 34.2. The summed E-state index contributed by atoms with van der Waals surface area (Å²) in [6.45, 7) is 1.21. The quantitative estimate of drug-likeness (QED) is 0.290. The maximum absolute atomic E-state index is 13.4. The lowest BCUT2D eigenvalue weighted by Gasteiger charge is -2.43. The second-order valence-corrected chi connectivity index (χ2v) is 10.3. The number of carbonyl (C=O) groups is 3. The molecule has 12 heteroatoms. The Labute approximate surface area is 223 Å². The van der Waals surface area contributed by atoms with Crippen molar-refractivity contribution >= 4 is 17.7 Å². The van der Waals surface area contributed by atoms with Gasteiger partial charge in [0.15, 0.2) is 17.9 Å². The molecule has 1 aliphatic heterocycles. The number of fused-ring (bicyclic) bond motifs is 3. The summed E-state index contributed by atoms with van der Waals surface area (Å²) in [6, 6.07) is 5.64. The minimum absolute atomic E-state index is 0.0224. The minimum atomic E-state index is -1.80. The van der Waals surface area contributed by atoms with Crippen LogP contribution >= 0.6 is 0 Å². The fourth-order valence-corrected chi connectivity index (χ4v) is 5.90. The van der Waals surface area contributed by atoms with E-state index in [4.69, 9.17) is 30.4 Å². The number of phenolic OH excluding ortho intramolecular Hbond substituents is 2. The van der Waals surface area contributed by atoms with E-state index in [-0.39, 0.29) is 52.6 Å². The molecule has 12 nitrogen and oxygen atoms in total. The topological polar surface area (TPSA) is 201 Å². The first-order valence-electron chi connectivity index (χ1n) is 12.5. The molecule has 1 fully saturated rings. The van der Waals surface area contributed by atoms with E-state index in [1.807, 2.05) is 0 Å². The number of benzene rings is 2. The molecule has 0 saturated carbocycles. The van der Waals surface area contributed by atoms with Crippen molar-refractivity contribution < 1.29 is 48.7 Å². The summed E-state index contributed by atoms with van der Waals surface area (Å²) in [5.41, 5.74) is 8.99. The Morgan fingerprint density at radius 2 is 1.74 bits per heavy atom. The molecule has 0 bridgehead atoms. The van der Waals surface area contributed by atoms with Crippen LogP contribution in [0.15, 0.2) is 24.3 Å². The number of amides is 1. The third kappa shape index (κ3) is 4.53. The highest BCUT2D eigenvalue weighted by atomic mass is 16.7. The van der Waals surface area contributed by atoms with Crippen LogP contribution in [0.2, 0.25) is 0 Å². The van der Waals surface area contributed by atoms with Gasteiger partial charge in [0.05, 0.1) is 29.4 Å². The highest BCUT2D eigenvalue weighted by molar-refractivity contribution is 6.30. The zero-order valence-corrected chi connectivity index (χ0v) is 21.4. The second kappa shape index (κ2) is 9.88. The first-order chi connectivity index (χ1) is 18.5. The highest BCUT2D eigenvalue weighted by Gasteiger charge is 2.48. The number of nitrogens with two attached hydrogens (primary N) is 2. The molecule has 6 atom stereocenters. The molecule has 1 heterocycles. The minimum Gasteiger partial charge on any atom is -0.507 e. The summed E-state index contributed by atoms with van der Waals surface area (Å²) in [7, 11) is 1.52. The molecule has 208 valence electrons. The maximum atomic E-state index is 13.4. The van der Waals surface area contributed by atoms with Crippen molar-refractivity contribution in [3.8, 4) is 11.5 Å². The van der Waals surface area contributed by atoms with Crippen LogP contribution in [0.1, 0.15) is 68.8 Å². The lowest BCUT2D eigenvalue weighted by atomic mass is 9.73. The molecule has 0 aromatic heterocycles. The van der Waals surface area contributed by atoms with Crippen LogP contribution in [0.5, 0.6) is 11.5 Å². The number of rotatable bonds is 5. The third-order valence-electron chi connectivity index (χ3n) is 7.64. The van der Waals surface area contributed by atoms with Gasteiger partial charge >= 0.3 is 6.09 Å². The van der Waals surface area contributed by atoms with Gasteiger partial charge < -0.3 is 45.7 Å². The molecular formula is C27H30N2O10. The Balaban J connectivity index is 1.62. The Morgan fingerprint density at radius 1 is 1.13 bits per heavy atom. The van der Waals surface area contributed by atoms with Gasteiger partial charge in [0.2, 0.25) is 0 Å². The lowest BCUT2D eigenvalue weighted by molar-refractivity contribution is -0.251. The standard InChI is InChI=1S/C27H30N2O10/c1-11-25(36-2)15(28)7-17(38-11)39-16-9-27(35,10-37-26(29)34)8-14-18(16)24(33)20-19(23(14)32)21(30)12-5-3-4-6-13(12)22(20)31/h3-6,11,15-17,25,32-33,35H,7-10,28H2,1-2H3,(H2,29,34)/t11-,15+,16+,17+,25+,27?/m1/s1. The predicted octanol–water partition coefficient (Wildman–Crippen LogP) is 1.18. The average Bonchev–Trinajstić information content (AvgIpc) is 2.88. The number of ketones is 2. The first-order valence-corrected chi connectivity index (χ1v) is 12.5. The number of hydrogen-bond acceptors (Lipinski definition) is 11. The van der Waals surface area contributed by atoms with Crippen molar-refractivity contribution in [1.82, 2.24) is 0 Å². The molecule has 2 aromatic rings. The number of carbonyl (C=O) groups excluding carboxylic acids is 3. The molecule has 1 amide bonds. The van der Waals surface area contributed by atoms with E-state index < -0.39 is 72.0 Å². The van der Waals surface area contributed by atoms with Crippen molar-refractivity contribution in [2.45, 2.75) is 62.4 Å². The largest absolute Gasteiger partial charge is 0.507 e. The van der Waals surface area contributed by atoms with E-state index in [9.17, 15) is 29.7 Å². The Hall–Kier alpha value is -3.55. The lowest BCUT2D eigenvalue weighted by Crippen LogP contribution is -2.53. The van der Waals surface area contributed by atoms with Crippen LogP contribution in [0.25, 0.3) is 0 Å². The van der Waals surface area contributed by atoms with Gasteiger partial charge in [-0.15, -0.1) is 0 Å². The van der Waals surface area contributed by atoms with Crippen LogP contribution in [0.3, 0.4) is 0 Å². The number of aliphatic hydroxyl groups is 1. The van der Waals surface area contributed by atoms with Gasteiger partial charge in [0, 0.05) is 54.7 Å². The van der Waals surface area contributed by atoms with Crippen LogP contribution in [0.4, 0.5) is 4.79 Å². The first kappa shape index (κ1) is 27.0. The van der Waals surface area contributed by atoms with E-state index in [2.05, 4.69) is 0 Å². The second-order valence-electron chi connectivity index (χ2n) is 10.3. The maximum Gasteiger partial charge on any atom is 0.404 e. The molecule has 0 spiro atoms. The van der Waals surface area contributed by atoms with Gasteiger partial charge in [-0.05, 0) is 6.92 Å². The zero-order valence-electron chi connectivity index (χ0n) is 21.4. The van der Waals surface area contributed by atoms with E-state index in [1.165, 1.54) is 19.2 Å². The predicted molar refractivity (Wildman–Crippen MR) is 133 cm³/mol. The molecular weight excluding hydrogens is 512 g/mol. The molecule has 5 rings (SSSR count). The van der Waals surface area contributed by atoms with Gasteiger partial charge in [-0.1, -0.05) is 24.3 Å². The van der Waals surface area contributed by atoms with E-state index >= 15 is 0 Å². The SMILES string of the molecule is CO[C@@H]1[C@@H](N)C[C@H](O[C@H]2CC(O)(COC(N)=O)Cc3c(O)c4c(c(O)c32)C(=O)c2ccccc2C4=O)O[C@@H]1C. The molecule has 3 aliphatic rings. The van der Waals surface area contributed by atoms with Gasteiger partial charge in [0.25, 0.3) is 0 Å². The molecule has 2 aromatic carbocycles. The number of phenols is 2. The molecule has 1 saturated heterocycles. The fourth-order valence-electron chi connectivity index (χ4n) is 5.90. The monoisotopic (exact) mass is 542 g/mol. The van der Waals surface area contributed by atoms with E-state index in [0.717, 1.165) is 0 Å². The molecule has 39 heavy (non-hydrogen) atoms. The third-order valence-corrected chi connectivity index (χ3v) is 7.64. The smallest absolute Gasteiger partial charge is 0.404 e. The molecule has 7 N–H and O–H groups in total. The van der Waals surface area contributed by atoms with Crippen molar-refractivity contribution in [3.05, 3.63) is 57.6 Å². The number of methoxy groups -OCH3 is 1. The molecule has 1 unspecified atom stereocenters. The van der Waals surface area contributed by atoms with E-state index in [1.54, 1.807) is 19.1 Å². The fraction of sp³-hybridized carbons (Fsp3) is 0.444. The van der Waals surface area contributed by atoms with Gasteiger partial charge in [-0.25, -0.2) is 4.79 Å². The van der Waals surface area contributed by atoms with Crippen molar-refractivity contribution in [1.29, 1.82) is 0 Å². The Bertz CT molecular complexity index is 1350. The average molecular weight is 543 g/mol. The summed E-state index contributed by atoms with van der Waals surface area (Å²) in [5.74, 6) is -2.42.